The first kappa shape index (κ1) is 13.0. The highest BCUT2D eigenvalue weighted by Crippen LogP contribution is 2.43. The van der Waals surface area contributed by atoms with Crippen molar-refractivity contribution < 1.29 is 14.6 Å². The molecule has 0 amide bonds. The largest absolute Gasteiger partial charge is 0.492 e. The number of benzene rings is 1. The molecule has 18 heavy (non-hydrogen) atoms. The summed E-state index contributed by atoms with van der Waals surface area (Å²) < 4.78 is 5.36. The summed E-state index contributed by atoms with van der Waals surface area (Å²) in [5.41, 5.74) is 1.72. The van der Waals surface area contributed by atoms with Crippen molar-refractivity contribution in [1.29, 1.82) is 0 Å². The lowest BCUT2D eigenvalue weighted by molar-refractivity contribution is -0.131. The molecule has 1 N–H and O–H groups in total. The Bertz CT molecular complexity index is 490. The minimum Gasteiger partial charge on any atom is -0.492 e. The first-order valence-corrected chi connectivity index (χ1v) is 6.37. The third-order valence-corrected chi connectivity index (χ3v) is 3.16. The van der Waals surface area contributed by atoms with Gasteiger partial charge >= 0.3 is 5.97 Å². The normalized spacial score (nSPS) is 15.6. The molecule has 2 rings (SSSR count). The van der Waals surface area contributed by atoms with E-state index in [0.717, 1.165) is 24.0 Å². The molecule has 96 valence electrons. The second kappa shape index (κ2) is 5.44. The van der Waals surface area contributed by atoms with E-state index in [-0.39, 0.29) is 0 Å². The number of carbonyl (C=O) groups is 1. The number of aliphatic carboxylic acids is 1. The van der Waals surface area contributed by atoms with Crippen molar-refractivity contribution in [2.75, 3.05) is 6.61 Å². The molecule has 0 saturated heterocycles. The van der Waals surface area contributed by atoms with Crippen molar-refractivity contribution in [2.24, 2.45) is 5.92 Å². The molecule has 1 aromatic carbocycles. The standard InChI is InChI=1S/C14H15ClO3/c1-2-18-13-6-5-10(7-12(13)15)11(8-14(16)17)9-3-4-9/h5-9H,2-4H2,1H3,(H,16,17)/b11-8+. The molecule has 1 aromatic rings. The predicted octanol–water partition coefficient (Wildman–Crippen LogP) is 3.62. The predicted molar refractivity (Wildman–Crippen MR) is 71.0 cm³/mol. The number of halogens is 1. The summed E-state index contributed by atoms with van der Waals surface area (Å²) >= 11 is 6.11. The van der Waals surface area contributed by atoms with Crippen LogP contribution in [0.5, 0.6) is 5.75 Å². The Balaban J connectivity index is 2.31. The molecule has 1 fully saturated rings. The van der Waals surface area contributed by atoms with Crippen LogP contribution in [0.4, 0.5) is 0 Å². The Labute approximate surface area is 111 Å². The van der Waals surface area contributed by atoms with Crippen LogP contribution in [0, 0.1) is 5.92 Å². The van der Waals surface area contributed by atoms with Crippen molar-refractivity contribution >= 4 is 23.1 Å². The molecule has 3 nitrogen and oxygen atoms in total. The number of hydrogen-bond donors (Lipinski definition) is 1. The maximum atomic E-state index is 10.8. The molecular weight excluding hydrogens is 252 g/mol. The SMILES string of the molecule is CCOc1ccc(/C(=C/C(=O)O)C2CC2)cc1Cl. The van der Waals surface area contributed by atoms with Crippen LogP contribution in [-0.2, 0) is 4.79 Å². The average Bonchev–Trinajstić information content (AvgIpc) is 3.13. The maximum absolute atomic E-state index is 10.8. The summed E-state index contributed by atoms with van der Waals surface area (Å²) in [7, 11) is 0. The fraction of sp³-hybridized carbons (Fsp3) is 0.357. The lowest BCUT2D eigenvalue weighted by Gasteiger charge is -2.10. The highest BCUT2D eigenvalue weighted by Gasteiger charge is 2.27. The highest BCUT2D eigenvalue weighted by molar-refractivity contribution is 6.32. The van der Waals surface area contributed by atoms with Gasteiger partial charge in [-0.25, -0.2) is 4.79 Å². The van der Waals surface area contributed by atoms with Crippen molar-refractivity contribution in [3.05, 3.63) is 34.9 Å². The van der Waals surface area contributed by atoms with Gasteiger partial charge in [0, 0.05) is 6.08 Å². The molecule has 0 heterocycles. The monoisotopic (exact) mass is 266 g/mol. The first-order chi connectivity index (χ1) is 8.61. The zero-order valence-electron chi connectivity index (χ0n) is 10.1. The number of hydrogen-bond acceptors (Lipinski definition) is 2. The number of carboxylic acids is 1. The van der Waals surface area contributed by atoms with Crippen molar-refractivity contribution in [3.63, 3.8) is 0 Å². The Morgan fingerprint density at radius 1 is 1.56 bits per heavy atom. The molecule has 1 aliphatic rings. The zero-order valence-corrected chi connectivity index (χ0v) is 10.9. The lowest BCUT2D eigenvalue weighted by atomic mass is 10.0. The van der Waals surface area contributed by atoms with Crippen molar-refractivity contribution in [1.82, 2.24) is 0 Å². The topological polar surface area (TPSA) is 46.5 Å². The van der Waals surface area contributed by atoms with E-state index in [0.29, 0.717) is 23.3 Å². The van der Waals surface area contributed by atoms with E-state index < -0.39 is 5.97 Å². The van der Waals surface area contributed by atoms with Crippen molar-refractivity contribution in [3.8, 4) is 5.75 Å². The summed E-state index contributed by atoms with van der Waals surface area (Å²) in [4.78, 5) is 10.8. The van der Waals surface area contributed by atoms with Crippen LogP contribution in [0.15, 0.2) is 24.3 Å². The van der Waals surface area contributed by atoms with Gasteiger partial charge in [-0.05, 0) is 49.0 Å². The van der Waals surface area contributed by atoms with Gasteiger partial charge in [-0.1, -0.05) is 17.7 Å². The third-order valence-electron chi connectivity index (χ3n) is 2.86. The minimum absolute atomic E-state index is 0.357. The quantitative estimate of drug-likeness (QED) is 0.828. The fourth-order valence-corrected chi connectivity index (χ4v) is 2.15. The number of rotatable bonds is 5. The summed E-state index contributed by atoms with van der Waals surface area (Å²) in [6.45, 7) is 2.45. The van der Waals surface area contributed by atoms with E-state index in [4.69, 9.17) is 21.4 Å². The summed E-state index contributed by atoms with van der Waals surface area (Å²) in [5, 5.41) is 9.42. The maximum Gasteiger partial charge on any atom is 0.328 e. The first-order valence-electron chi connectivity index (χ1n) is 5.99. The van der Waals surface area contributed by atoms with Crippen LogP contribution in [0.3, 0.4) is 0 Å². The average molecular weight is 267 g/mol. The van der Waals surface area contributed by atoms with E-state index in [2.05, 4.69) is 0 Å². The molecule has 0 aliphatic heterocycles. The van der Waals surface area contributed by atoms with Crippen LogP contribution in [-0.4, -0.2) is 17.7 Å². The summed E-state index contributed by atoms with van der Waals surface area (Å²) in [6.07, 6.45) is 3.37. The van der Waals surface area contributed by atoms with Gasteiger partial charge in [-0.3, -0.25) is 0 Å². The number of allylic oxidation sites excluding steroid dienone is 1. The molecule has 0 atom stereocenters. The van der Waals surface area contributed by atoms with Gasteiger partial charge in [-0.2, -0.15) is 0 Å². The van der Waals surface area contributed by atoms with Crippen LogP contribution in [0.25, 0.3) is 5.57 Å². The van der Waals surface area contributed by atoms with E-state index in [1.807, 2.05) is 13.0 Å². The molecule has 0 radical (unpaired) electrons. The van der Waals surface area contributed by atoms with E-state index in [1.165, 1.54) is 6.08 Å². The Hall–Kier alpha value is -1.48. The third kappa shape index (κ3) is 3.05. The number of ether oxygens (including phenoxy) is 1. The molecule has 1 aliphatic carbocycles. The molecule has 1 saturated carbocycles. The molecule has 0 bridgehead atoms. The second-order valence-corrected chi connectivity index (χ2v) is 4.70. The molecular formula is C14H15ClO3. The van der Waals surface area contributed by atoms with Gasteiger partial charge in [0.15, 0.2) is 0 Å². The fourth-order valence-electron chi connectivity index (χ4n) is 1.92. The Kier molecular flexibility index (Phi) is 3.92. The van der Waals surface area contributed by atoms with E-state index in [9.17, 15) is 4.79 Å². The van der Waals surface area contributed by atoms with Crippen LogP contribution >= 0.6 is 11.6 Å². The smallest absolute Gasteiger partial charge is 0.328 e. The molecule has 4 heteroatoms. The van der Waals surface area contributed by atoms with Crippen molar-refractivity contribution in [2.45, 2.75) is 19.8 Å². The van der Waals surface area contributed by atoms with Gasteiger partial charge in [0.25, 0.3) is 0 Å². The van der Waals surface area contributed by atoms with E-state index in [1.54, 1.807) is 12.1 Å². The van der Waals surface area contributed by atoms with Gasteiger partial charge in [0.05, 0.1) is 11.6 Å². The van der Waals surface area contributed by atoms with Crippen LogP contribution in [0.1, 0.15) is 25.3 Å². The zero-order chi connectivity index (χ0) is 13.1. The van der Waals surface area contributed by atoms with Gasteiger partial charge in [0.1, 0.15) is 5.75 Å². The lowest BCUT2D eigenvalue weighted by Crippen LogP contribution is -1.96. The summed E-state index contributed by atoms with van der Waals surface area (Å²) in [6, 6.07) is 5.43. The Morgan fingerprint density at radius 3 is 2.78 bits per heavy atom. The number of carboxylic acid groups (broad SMARTS) is 1. The van der Waals surface area contributed by atoms with Gasteiger partial charge < -0.3 is 9.84 Å². The van der Waals surface area contributed by atoms with Gasteiger partial charge in [-0.15, -0.1) is 0 Å². The second-order valence-electron chi connectivity index (χ2n) is 4.29. The minimum atomic E-state index is -0.915. The molecule has 0 spiro atoms. The van der Waals surface area contributed by atoms with Crippen LogP contribution < -0.4 is 4.74 Å². The highest BCUT2D eigenvalue weighted by atomic mass is 35.5. The molecule has 0 unspecified atom stereocenters. The van der Waals surface area contributed by atoms with E-state index >= 15 is 0 Å². The molecule has 0 aromatic heterocycles. The Morgan fingerprint density at radius 2 is 2.28 bits per heavy atom. The van der Waals surface area contributed by atoms with Crippen LogP contribution in [0.2, 0.25) is 5.02 Å². The van der Waals surface area contributed by atoms with Gasteiger partial charge in [0.2, 0.25) is 0 Å². The summed E-state index contributed by atoms with van der Waals surface area (Å²) in [5.74, 6) is 0.0744.